The predicted octanol–water partition coefficient (Wildman–Crippen LogP) is 2.67. The van der Waals surface area contributed by atoms with Gasteiger partial charge < -0.3 is 28.5 Å². The predicted molar refractivity (Wildman–Crippen MR) is 107 cm³/mol. The van der Waals surface area contributed by atoms with Crippen molar-refractivity contribution in [2.75, 3.05) is 39.6 Å². The SMILES string of the molecule is C=CCOC[C@@H](OCC=C)[C@@H](OCC=C)[C@H](OCC=C)[C@H](C=O)OCC=C. The van der Waals surface area contributed by atoms with E-state index in [4.69, 9.17) is 23.7 Å². The fraction of sp³-hybridized carbons (Fsp3) is 0.476. The molecule has 0 aliphatic rings. The van der Waals surface area contributed by atoms with Gasteiger partial charge in [0.1, 0.15) is 24.4 Å². The summed E-state index contributed by atoms with van der Waals surface area (Å²) in [6.07, 6.45) is 5.85. The summed E-state index contributed by atoms with van der Waals surface area (Å²) in [7, 11) is 0. The quantitative estimate of drug-likeness (QED) is 0.184. The molecule has 0 fully saturated rings. The minimum atomic E-state index is -0.882. The van der Waals surface area contributed by atoms with Crippen LogP contribution in [-0.2, 0) is 28.5 Å². The summed E-state index contributed by atoms with van der Waals surface area (Å²) in [4.78, 5) is 11.6. The van der Waals surface area contributed by atoms with Crippen molar-refractivity contribution in [3.8, 4) is 0 Å². The van der Waals surface area contributed by atoms with Crippen molar-refractivity contribution in [2.45, 2.75) is 24.4 Å². The molecular formula is C21H32O6. The summed E-state index contributed by atoms with van der Waals surface area (Å²) in [6.45, 7) is 19.7. The maximum absolute atomic E-state index is 11.6. The van der Waals surface area contributed by atoms with Gasteiger partial charge in [-0.15, -0.1) is 32.9 Å². The van der Waals surface area contributed by atoms with Gasteiger partial charge in [-0.3, -0.25) is 0 Å². The molecule has 0 bridgehead atoms. The molecule has 27 heavy (non-hydrogen) atoms. The molecule has 6 heteroatoms. The second kappa shape index (κ2) is 17.6. The smallest absolute Gasteiger partial charge is 0.151 e. The number of ether oxygens (including phenoxy) is 5. The summed E-state index contributed by atoms with van der Waals surface area (Å²) in [6, 6.07) is 0. The van der Waals surface area contributed by atoms with Gasteiger partial charge in [0.15, 0.2) is 6.29 Å². The summed E-state index contributed by atoms with van der Waals surface area (Å²) in [5.74, 6) is 0. The summed E-state index contributed by atoms with van der Waals surface area (Å²) in [5.41, 5.74) is 0. The molecule has 0 unspecified atom stereocenters. The van der Waals surface area contributed by atoms with Gasteiger partial charge in [0.2, 0.25) is 0 Å². The van der Waals surface area contributed by atoms with Crippen LogP contribution in [0, 0.1) is 0 Å². The molecule has 0 amide bonds. The second-order valence-electron chi connectivity index (χ2n) is 5.38. The zero-order chi connectivity index (χ0) is 20.3. The molecule has 0 saturated carbocycles. The van der Waals surface area contributed by atoms with E-state index in [1.165, 1.54) is 0 Å². The molecular weight excluding hydrogens is 348 g/mol. The highest BCUT2D eigenvalue weighted by Crippen LogP contribution is 2.18. The van der Waals surface area contributed by atoms with Crippen LogP contribution in [0.5, 0.6) is 0 Å². The first-order chi connectivity index (χ1) is 13.2. The number of rotatable bonds is 20. The fourth-order valence-corrected chi connectivity index (χ4v) is 2.24. The highest BCUT2D eigenvalue weighted by atomic mass is 16.6. The van der Waals surface area contributed by atoms with E-state index >= 15 is 0 Å². The lowest BCUT2D eigenvalue weighted by Gasteiger charge is -2.35. The molecule has 0 radical (unpaired) electrons. The van der Waals surface area contributed by atoms with Crippen LogP contribution in [-0.4, -0.2) is 70.3 Å². The Morgan fingerprint density at radius 1 is 0.630 bits per heavy atom. The van der Waals surface area contributed by atoms with Crippen molar-refractivity contribution in [1.29, 1.82) is 0 Å². The van der Waals surface area contributed by atoms with E-state index in [2.05, 4.69) is 32.9 Å². The van der Waals surface area contributed by atoms with Crippen molar-refractivity contribution in [3.63, 3.8) is 0 Å². The van der Waals surface area contributed by atoms with Crippen LogP contribution in [0.15, 0.2) is 63.3 Å². The Labute approximate surface area is 162 Å². The Balaban J connectivity index is 5.61. The summed E-state index contributed by atoms with van der Waals surface area (Å²) in [5, 5.41) is 0. The van der Waals surface area contributed by atoms with Gasteiger partial charge in [0, 0.05) is 0 Å². The fourth-order valence-electron chi connectivity index (χ4n) is 2.24. The normalized spacial score (nSPS) is 15.1. The molecule has 0 aromatic carbocycles. The average Bonchev–Trinajstić information content (AvgIpc) is 2.69. The lowest BCUT2D eigenvalue weighted by Crippen LogP contribution is -2.51. The number of carbonyl (C=O) groups is 1. The van der Waals surface area contributed by atoms with Crippen LogP contribution in [0.1, 0.15) is 0 Å². The minimum Gasteiger partial charge on any atom is -0.375 e. The van der Waals surface area contributed by atoms with Crippen LogP contribution in [0.4, 0.5) is 0 Å². The molecule has 6 nitrogen and oxygen atoms in total. The summed E-state index contributed by atoms with van der Waals surface area (Å²) >= 11 is 0. The summed E-state index contributed by atoms with van der Waals surface area (Å²) < 4.78 is 28.6. The van der Waals surface area contributed by atoms with Crippen LogP contribution in [0.25, 0.3) is 0 Å². The lowest BCUT2D eigenvalue weighted by molar-refractivity contribution is -0.176. The molecule has 0 rings (SSSR count). The molecule has 0 aliphatic carbocycles. The standard InChI is InChI=1S/C21H32O6/c1-6-11-23-17-19(25-13-8-3)21(27-15-10-5)20(26-14-9-4)18(16-22)24-12-7-2/h6-10,16,18-21H,1-5,11-15,17H2/t18-,19+,20+,21+/m0/s1. The second-order valence-corrected chi connectivity index (χ2v) is 5.38. The zero-order valence-corrected chi connectivity index (χ0v) is 16.0. The first kappa shape index (κ1) is 25.2. The number of aldehydes is 1. The van der Waals surface area contributed by atoms with Gasteiger partial charge in [-0.1, -0.05) is 30.4 Å². The van der Waals surface area contributed by atoms with E-state index in [1.807, 2.05) is 0 Å². The molecule has 0 aromatic rings. The maximum Gasteiger partial charge on any atom is 0.151 e. The van der Waals surface area contributed by atoms with Gasteiger partial charge in [-0.05, 0) is 0 Å². The van der Waals surface area contributed by atoms with Crippen molar-refractivity contribution in [3.05, 3.63) is 63.3 Å². The van der Waals surface area contributed by atoms with Crippen LogP contribution in [0.2, 0.25) is 0 Å². The molecule has 0 saturated heterocycles. The van der Waals surface area contributed by atoms with E-state index in [0.29, 0.717) is 12.9 Å². The number of hydrogen-bond acceptors (Lipinski definition) is 6. The van der Waals surface area contributed by atoms with Gasteiger partial charge in [-0.2, -0.15) is 0 Å². The molecule has 0 spiro atoms. The number of carbonyl (C=O) groups excluding carboxylic acids is 1. The largest absolute Gasteiger partial charge is 0.375 e. The third-order valence-corrected chi connectivity index (χ3v) is 3.31. The minimum absolute atomic E-state index is 0.191. The Morgan fingerprint density at radius 2 is 1.11 bits per heavy atom. The van der Waals surface area contributed by atoms with Crippen LogP contribution >= 0.6 is 0 Å². The molecule has 152 valence electrons. The first-order valence-corrected chi connectivity index (χ1v) is 8.73. The molecule has 0 aromatic heterocycles. The highest BCUT2D eigenvalue weighted by Gasteiger charge is 2.38. The third-order valence-electron chi connectivity index (χ3n) is 3.31. The Kier molecular flexibility index (Phi) is 16.4. The van der Waals surface area contributed by atoms with E-state index in [0.717, 1.165) is 0 Å². The van der Waals surface area contributed by atoms with Crippen molar-refractivity contribution in [2.24, 2.45) is 0 Å². The van der Waals surface area contributed by atoms with Gasteiger partial charge in [-0.25, -0.2) is 0 Å². The number of hydrogen-bond donors (Lipinski definition) is 0. The Hall–Kier alpha value is -1.83. The van der Waals surface area contributed by atoms with E-state index in [-0.39, 0.29) is 33.0 Å². The Morgan fingerprint density at radius 3 is 1.63 bits per heavy atom. The topological polar surface area (TPSA) is 63.2 Å². The molecule has 0 N–H and O–H groups in total. The highest BCUT2D eigenvalue weighted by molar-refractivity contribution is 5.57. The van der Waals surface area contributed by atoms with E-state index < -0.39 is 24.4 Å². The molecule has 0 aliphatic heterocycles. The molecule has 4 atom stereocenters. The van der Waals surface area contributed by atoms with Crippen LogP contribution < -0.4 is 0 Å². The van der Waals surface area contributed by atoms with E-state index in [1.54, 1.807) is 30.4 Å². The maximum atomic E-state index is 11.6. The van der Waals surface area contributed by atoms with Gasteiger partial charge in [0.05, 0.1) is 39.6 Å². The first-order valence-electron chi connectivity index (χ1n) is 8.73. The van der Waals surface area contributed by atoms with Gasteiger partial charge >= 0.3 is 0 Å². The third kappa shape index (κ3) is 10.8. The molecule has 0 heterocycles. The van der Waals surface area contributed by atoms with Crippen molar-refractivity contribution >= 4 is 6.29 Å². The van der Waals surface area contributed by atoms with E-state index in [9.17, 15) is 4.79 Å². The lowest BCUT2D eigenvalue weighted by atomic mass is 10.0. The average molecular weight is 380 g/mol. The van der Waals surface area contributed by atoms with Crippen molar-refractivity contribution in [1.82, 2.24) is 0 Å². The Bertz CT molecular complexity index is 448. The monoisotopic (exact) mass is 380 g/mol. The van der Waals surface area contributed by atoms with Crippen LogP contribution in [0.3, 0.4) is 0 Å². The zero-order valence-electron chi connectivity index (χ0n) is 16.0. The van der Waals surface area contributed by atoms with Gasteiger partial charge in [0.25, 0.3) is 0 Å². The van der Waals surface area contributed by atoms with Crippen molar-refractivity contribution < 1.29 is 28.5 Å².